The number of hydrogen-bond acceptors (Lipinski definition) is 5. The molecule has 6 rings (SSSR count). The van der Waals surface area contributed by atoms with Gasteiger partial charge in [-0.25, -0.2) is 9.13 Å². The van der Waals surface area contributed by atoms with Gasteiger partial charge in [0.15, 0.2) is 11.0 Å². The highest BCUT2D eigenvalue weighted by molar-refractivity contribution is 6.42. The molecule has 13 heteroatoms. The first-order valence-electron chi connectivity index (χ1n) is 17.8. The highest BCUT2D eigenvalue weighted by Crippen LogP contribution is 2.47. The predicted octanol–water partition coefficient (Wildman–Crippen LogP) is 10.8. The van der Waals surface area contributed by atoms with E-state index in [0.29, 0.717) is 71.6 Å². The number of alkyl halides is 3. The van der Waals surface area contributed by atoms with Crippen LogP contribution in [0, 0.1) is 0 Å². The average Bonchev–Trinajstić information content (AvgIpc) is 3.60. The number of hydrogen-bond donors (Lipinski definition) is 0. The van der Waals surface area contributed by atoms with E-state index in [0.717, 1.165) is 28.5 Å². The van der Waals surface area contributed by atoms with Gasteiger partial charge in [0.2, 0.25) is 0 Å². The summed E-state index contributed by atoms with van der Waals surface area (Å²) in [4.78, 5) is 3.75. The Morgan fingerprint density at radius 2 is 1.44 bits per heavy atom. The molecule has 288 valence electrons. The number of halogens is 6. The largest absolute Gasteiger partial charge is 0.497 e. The number of rotatable bonds is 15. The van der Waals surface area contributed by atoms with E-state index in [4.69, 9.17) is 49.0 Å². The molecule has 1 aliphatic heterocycles. The molecule has 0 atom stereocenters. The van der Waals surface area contributed by atoms with Crippen molar-refractivity contribution in [1.82, 2.24) is 4.57 Å². The van der Waals surface area contributed by atoms with Gasteiger partial charge in [-0.2, -0.15) is 13.2 Å². The number of imidazole rings is 1. The van der Waals surface area contributed by atoms with E-state index in [1.807, 2.05) is 77.4 Å². The van der Waals surface area contributed by atoms with E-state index in [2.05, 4.69) is 28.2 Å². The quantitative estimate of drug-likeness (QED) is 0.0598. The summed E-state index contributed by atoms with van der Waals surface area (Å²) in [7, 11) is 1.58. The Morgan fingerprint density at radius 3 is 2.11 bits per heavy atom. The Bertz CT molecular complexity index is 2200. The van der Waals surface area contributed by atoms with E-state index in [1.165, 1.54) is 6.07 Å². The van der Waals surface area contributed by atoms with Crippen LogP contribution in [0.15, 0.2) is 109 Å². The number of allylic oxidation sites excluding steroid dienone is 4. The predicted molar refractivity (Wildman–Crippen MR) is 216 cm³/mol. The average molecular weight is 813 g/mol. The summed E-state index contributed by atoms with van der Waals surface area (Å²) in [6.07, 6.45) is 4.95. The Hall–Kier alpha value is -4.61. The Morgan fingerprint density at radius 1 is 0.764 bits per heavy atom. The Labute approximate surface area is 334 Å². The van der Waals surface area contributed by atoms with Gasteiger partial charge in [-0.1, -0.05) is 83.4 Å². The zero-order valence-corrected chi connectivity index (χ0v) is 32.9. The summed E-state index contributed by atoms with van der Waals surface area (Å²) in [5, 5.41) is 0.573. The SMILES string of the molecule is CCOCCN1C(=CC=CC=Cc2n(CC)c3cc(Cl)c(Cl)cc3[n+]2Cc2ccccc2)N(CCOc2ccc(OC)cc2)c2cc(C(F)(F)F)c(Cl)cc21. The molecule has 0 saturated carbocycles. The van der Waals surface area contributed by atoms with Crippen LogP contribution < -0.4 is 23.8 Å². The first-order valence-corrected chi connectivity index (χ1v) is 19.0. The van der Waals surface area contributed by atoms with Gasteiger partial charge in [0, 0.05) is 31.4 Å². The summed E-state index contributed by atoms with van der Waals surface area (Å²) in [6.45, 7) is 6.93. The molecule has 0 bridgehead atoms. The van der Waals surface area contributed by atoms with Crippen molar-refractivity contribution in [2.24, 2.45) is 0 Å². The standard InChI is InChI=1S/C42H41Cl3F3N4O3/c1-4-49-37-26-34(44)35(45)27-39(37)52(28-29-12-8-6-9-13-29)40(49)14-10-7-11-15-41-50(20-22-54-5-2)38-25-33(43)32(42(46,47)48)24-36(38)51(41)21-23-55-31-18-16-30(53-3)17-19-31/h6-19,24-27H,4-5,20-23,28H2,1-3H3/q+1. The van der Waals surface area contributed by atoms with E-state index in [1.54, 1.807) is 31.4 Å². The van der Waals surface area contributed by atoms with Gasteiger partial charge in [-0.05, 0) is 61.9 Å². The molecule has 0 radical (unpaired) electrons. The second-order valence-corrected chi connectivity index (χ2v) is 13.8. The highest BCUT2D eigenvalue weighted by Gasteiger charge is 2.39. The summed E-state index contributed by atoms with van der Waals surface area (Å²) in [6, 6.07) is 23.6. The molecule has 1 aromatic heterocycles. The molecule has 1 aliphatic rings. The fourth-order valence-corrected chi connectivity index (χ4v) is 7.19. The molecule has 5 aromatic rings. The van der Waals surface area contributed by atoms with E-state index >= 15 is 0 Å². The molecular formula is C42H41Cl3F3N4O3+. The highest BCUT2D eigenvalue weighted by atomic mass is 35.5. The van der Waals surface area contributed by atoms with E-state index in [9.17, 15) is 13.2 Å². The minimum absolute atomic E-state index is 0.188. The lowest BCUT2D eigenvalue weighted by Crippen LogP contribution is -2.37. The number of aryl methyl sites for hydroxylation is 1. The minimum Gasteiger partial charge on any atom is -0.497 e. The fourth-order valence-electron chi connectivity index (χ4n) is 6.61. The van der Waals surface area contributed by atoms with Crippen LogP contribution in [0.1, 0.15) is 30.8 Å². The molecular weight excluding hydrogens is 772 g/mol. The zero-order chi connectivity index (χ0) is 39.1. The summed E-state index contributed by atoms with van der Waals surface area (Å²) >= 11 is 19.2. The van der Waals surface area contributed by atoms with Crippen molar-refractivity contribution >= 4 is 63.3 Å². The summed E-state index contributed by atoms with van der Waals surface area (Å²) in [5.74, 6) is 2.88. The van der Waals surface area contributed by atoms with Gasteiger partial charge in [0.25, 0.3) is 5.82 Å². The molecule has 0 aliphatic carbocycles. The molecule has 0 N–H and O–H groups in total. The molecule has 55 heavy (non-hydrogen) atoms. The smallest absolute Gasteiger partial charge is 0.417 e. The molecule has 0 unspecified atom stereocenters. The number of anilines is 2. The molecule has 0 spiro atoms. The van der Waals surface area contributed by atoms with Crippen LogP contribution in [0.2, 0.25) is 15.1 Å². The second-order valence-electron chi connectivity index (χ2n) is 12.5. The zero-order valence-electron chi connectivity index (χ0n) is 30.6. The van der Waals surface area contributed by atoms with Crippen LogP contribution in [0.3, 0.4) is 0 Å². The van der Waals surface area contributed by atoms with Crippen LogP contribution >= 0.6 is 34.8 Å². The van der Waals surface area contributed by atoms with Crippen molar-refractivity contribution in [1.29, 1.82) is 0 Å². The first-order chi connectivity index (χ1) is 26.5. The Balaban J connectivity index is 1.36. The van der Waals surface area contributed by atoms with Crippen molar-refractivity contribution in [3.8, 4) is 11.5 Å². The maximum atomic E-state index is 14.1. The second kappa shape index (κ2) is 17.9. The van der Waals surface area contributed by atoms with Crippen LogP contribution in [-0.2, 0) is 24.0 Å². The van der Waals surface area contributed by atoms with Gasteiger partial charge >= 0.3 is 6.18 Å². The lowest BCUT2D eigenvalue weighted by molar-refractivity contribution is -0.665. The minimum atomic E-state index is -4.64. The number of nitrogens with zero attached hydrogens (tertiary/aromatic N) is 4. The first kappa shape index (κ1) is 40.1. The third-order valence-electron chi connectivity index (χ3n) is 9.18. The van der Waals surface area contributed by atoms with Crippen molar-refractivity contribution < 1.29 is 31.9 Å². The maximum absolute atomic E-state index is 14.1. The number of ether oxygens (including phenoxy) is 3. The van der Waals surface area contributed by atoms with Gasteiger partial charge in [-0.3, -0.25) is 0 Å². The number of aromatic nitrogens is 2. The maximum Gasteiger partial charge on any atom is 0.417 e. The van der Waals surface area contributed by atoms with Crippen LogP contribution in [0.4, 0.5) is 24.5 Å². The molecule has 0 amide bonds. The summed E-state index contributed by atoms with van der Waals surface area (Å²) in [5.41, 5.74) is 3.04. The normalized spacial score (nSPS) is 13.9. The van der Waals surface area contributed by atoms with Gasteiger partial charge in [0.05, 0.1) is 58.8 Å². The lowest BCUT2D eigenvalue weighted by atomic mass is 10.1. The molecule has 0 fully saturated rings. The third-order valence-corrected chi connectivity index (χ3v) is 10.2. The molecule has 0 saturated heterocycles. The van der Waals surface area contributed by atoms with Gasteiger partial charge in [0.1, 0.15) is 30.5 Å². The van der Waals surface area contributed by atoms with Crippen molar-refractivity contribution in [3.63, 3.8) is 0 Å². The third kappa shape index (κ3) is 9.10. The monoisotopic (exact) mass is 811 g/mol. The molecule has 7 nitrogen and oxygen atoms in total. The number of methoxy groups -OCH3 is 1. The van der Waals surface area contributed by atoms with Crippen molar-refractivity contribution in [3.05, 3.63) is 141 Å². The van der Waals surface area contributed by atoms with E-state index < -0.39 is 11.7 Å². The van der Waals surface area contributed by atoms with Crippen molar-refractivity contribution in [2.75, 3.05) is 49.8 Å². The van der Waals surface area contributed by atoms with Crippen molar-refractivity contribution in [2.45, 2.75) is 33.1 Å². The fraction of sp³-hybridized carbons (Fsp3) is 0.262. The molecule has 4 aromatic carbocycles. The summed E-state index contributed by atoms with van der Waals surface area (Å²) < 4.78 is 63.8. The van der Waals surface area contributed by atoms with Gasteiger partial charge in [-0.15, -0.1) is 0 Å². The lowest BCUT2D eigenvalue weighted by Gasteiger charge is -2.25. The van der Waals surface area contributed by atoms with Gasteiger partial charge < -0.3 is 24.0 Å². The number of fused-ring (bicyclic) bond motifs is 2. The van der Waals surface area contributed by atoms with E-state index in [-0.39, 0.29) is 18.2 Å². The van der Waals surface area contributed by atoms with Crippen LogP contribution in [0.5, 0.6) is 11.5 Å². The number of benzene rings is 4. The topological polar surface area (TPSA) is 43.0 Å². The van der Waals surface area contributed by atoms with Crippen LogP contribution in [0.25, 0.3) is 17.1 Å². The Kier molecular flexibility index (Phi) is 13.0. The molecule has 2 heterocycles. The van der Waals surface area contributed by atoms with Crippen LogP contribution in [-0.4, -0.2) is 44.6 Å².